The lowest BCUT2D eigenvalue weighted by Gasteiger charge is -2.31. The van der Waals surface area contributed by atoms with Crippen molar-refractivity contribution in [1.29, 1.82) is 0 Å². The summed E-state index contributed by atoms with van der Waals surface area (Å²) in [7, 11) is 0. The van der Waals surface area contributed by atoms with E-state index in [1.807, 2.05) is 12.1 Å². The molecule has 0 radical (unpaired) electrons. The first-order valence-corrected chi connectivity index (χ1v) is 6.26. The van der Waals surface area contributed by atoms with E-state index < -0.39 is 0 Å². The molecule has 17 heavy (non-hydrogen) atoms. The van der Waals surface area contributed by atoms with Crippen LogP contribution in [0.1, 0.15) is 45.8 Å². The molecule has 0 atom stereocenters. The van der Waals surface area contributed by atoms with Crippen molar-refractivity contribution in [3.8, 4) is 0 Å². The fraction of sp³-hybridized carbons (Fsp3) is 0.643. The Morgan fingerprint density at radius 2 is 2.18 bits per heavy atom. The summed E-state index contributed by atoms with van der Waals surface area (Å²) in [6.07, 6.45) is 5.03. The normalized spacial score (nSPS) is 17.8. The van der Waals surface area contributed by atoms with Crippen LogP contribution in [0.15, 0.2) is 22.8 Å². The molecule has 1 saturated carbocycles. The number of hydrogen-bond acceptors (Lipinski definition) is 2. The van der Waals surface area contributed by atoms with Gasteiger partial charge in [0.25, 0.3) is 0 Å². The van der Waals surface area contributed by atoms with E-state index in [0.29, 0.717) is 12.8 Å². The van der Waals surface area contributed by atoms with Crippen molar-refractivity contribution in [1.82, 2.24) is 5.32 Å². The molecule has 0 spiro atoms. The van der Waals surface area contributed by atoms with Gasteiger partial charge in [-0.05, 0) is 30.4 Å². The van der Waals surface area contributed by atoms with Gasteiger partial charge in [-0.2, -0.15) is 0 Å². The van der Waals surface area contributed by atoms with Crippen LogP contribution in [0.4, 0.5) is 0 Å². The minimum atomic E-state index is 0.0350. The molecular weight excluding hydrogens is 214 g/mol. The third kappa shape index (κ3) is 2.71. The summed E-state index contributed by atoms with van der Waals surface area (Å²) in [6, 6.07) is 3.76. The lowest BCUT2D eigenvalue weighted by molar-refractivity contribution is -0.123. The number of carbonyl (C=O) groups excluding carboxylic acids is 1. The lowest BCUT2D eigenvalue weighted by atomic mass is 9.84. The van der Waals surface area contributed by atoms with Crippen LogP contribution in [0.3, 0.4) is 0 Å². The number of hydrogen-bond donors (Lipinski definition) is 1. The highest BCUT2D eigenvalue weighted by Crippen LogP contribution is 2.49. The molecule has 0 aliphatic heterocycles. The molecule has 2 rings (SSSR count). The van der Waals surface area contributed by atoms with Gasteiger partial charge in [0.2, 0.25) is 5.91 Å². The van der Waals surface area contributed by atoms with Crippen molar-refractivity contribution in [3.63, 3.8) is 0 Å². The van der Waals surface area contributed by atoms with Gasteiger partial charge >= 0.3 is 0 Å². The summed E-state index contributed by atoms with van der Waals surface area (Å²) >= 11 is 0. The van der Waals surface area contributed by atoms with Crippen molar-refractivity contribution in [2.45, 2.75) is 52.0 Å². The Bertz CT molecular complexity index is 383. The number of aryl methyl sites for hydroxylation is 1. The van der Waals surface area contributed by atoms with Crippen LogP contribution in [0, 0.1) is 5.41 Å². The summed E-state index contributed by atoms with van der Waals surface area (Å²) < 4.78 is 5.22. The van der Waals surface area contributed by atoms with E-state index in [-0.39, 0.29) is 16.9 Å². The average molecular weight is 235 g/mol. The maximum Gasteiger partial charge on any atom is 0.220 e. The van der Waals surface area contributed by atoms with Crippen LogP contribution in [0.25, 0.3) is 0 Å². The van der Waals surface area contributed by atoms with Gasteiger partial charge in [-0.3, -0.25) is 4.79 Å². The largest absolute Gasteiger partial charge is 0.469 e. The van der Waals surface area contributed by atoms with Crippen LogP contribution in [-0.2, 0) is 11.2 Å². The highest BCUT2D eigenvalue weighted by atomic mass is 16.3. The summed E-state index contributed by atoms with van der Waals surface area (Å²) in [4.78, 5) is 11.9. The van der Waals surface area contributed by atoms with Crippen molar-refractivity contribution in [2.24, 2.45) is 5.41 Å². The van der Waals surface area contributed by atoms with Crippen LogP contribution in [0.2, 0.25) is 0 Å². The van der Waals surface area contributed by atoms with Gasteiger partial charge in [0, 0.05) is 18.4 Å². The fourth-order valence-electron chi connectivity index (χ4n) is 2.21. The van der Waals surface area contributed by atoms with Gasteiger partial charge in [-0.25, -0.2) is 0 Å². The predicted molar refractivity (Wildman–Crippen MR) is 66.6 cm³/mol. The van der Waals surface area contributed by atoms with Gasteiger partial charge in [0.15, 0.2) is 0 Å². The van der Waals surface area contributed by atoms with Gasteiger partial charge in [-0.15, -0.1) is 0 Å². The Kier molecular flexibility index (Phi) is 3.02. The van der Waals surface area contributed by atoms with Crippen LogP contribution in [0.5, 0.6) is 0 Å². The molecule has 1 aliphatic carbocycles. The van der Waals surface area contributed by atoms with E-state index in [1.54, 1.807) is 6.26 Å². The Hall–Kier alpha value is -1.25. The molecule has 3 nitrogen and oxygen atoms in total. The first-order valence-electron chi connectivity index (χ1n) is 6.26. The van der Waals surface area contributed by atoms with Crippen molar-refractivity contribution < 1.29 is 9.21 Å². The Labute approximate surface area is 103 Å². The van der Waals surface area contributed by atoms with Crippen molar-refractivity contribution >= 4 is 5.91 Å². The summed E-state index contributed by atoms with van der Waals surface area (Å²) in [5, 5.41) is 3.19. The van der Waals surface area contributed by atoms with Crippen molar-refractivity contribution in [2.75, 3.05) is 0 Å². The summed E-state index contributed by atoms with van der Waals surface area (Å²) in [5.41, 5.74) is 0.181. The van der Waals surface area contributed by atoms with Crippen LogP contribution in [-0.4, -0.2) is 11.4 Å². The SMILES string of the molecule is CC(C)(C)C1(NC(=O)CCc2ccco2)CC1. The molecule has 1 aliphatic rings. The highest BCUT2D eigenvalue weighted by molar-refractivity contribution is 5.77. The number of carbonyl (C=O) groups is 1. The monoisotopic (exact) mass is 235 g/mol. The maximum atomic E-state index is 11.9. The third-order valence-electron chi connectivity index (χ3n) is 3.74. The van der Waals surface area contributed by atoms with E-state index in [2.05, 4.69) is 26.1 Å². The molecule has 1 amide bonds. The lowest BCUT2D eigenvalue weighted by Crippen LogP contribution is -2.46. The number of rotatable bonds is 4. The summed E-state index contributed by atoms with van der Waals surface area (Å²) in [6.45, 7) is 6.56. The molecular formula is C14H21NO2. The fourth-order valence-corrected chi connectivity index (χ4v) is 2.21. The molecule has 0 aromatic carbocycles. The van der Waals surface area contributed by atoms with Crippen LogP contribution >= 0.6 is 0 Å². The van der Waals surface area contributed by atoms with E-state index >= 15 is 0 Å². The first-order chi connectivity index (χ1) is 7.93. The number of amides is 1. The molecule has 0 saturated heterocycles. The second kappa shape index (κ2) is 4.21. The van der Waals surface area contributed by atoms with Gasteiger partial charge < -0.3 is 9.73 Å². The Morgan fingerprint density at radius 3 is 2.65 bits per heavy atom. The molecule has 1 aromatic heterocycles. The molecule has 1 fully saturated rings. The molecule has 1 heterocycles. The molecule has 94 valence electrons. The van der Waals surface area contributed by atoms with Gasteiger partial charge in [0.1, 0.15) is 5.76 Å². The average Bonchev–Trinajstić information content (AvgIpc) is 2.84. The van der Waals surface area contributed by atoms with E-state index in [1.165, 1.54) is 0 Å². The van der Waals surface area contributed by atoms with E-state index in [9.17, 15) is 4.79 Å². The zero-order valence-corrected chi connectivity index (χ0v) is 10.9. The van der Waals surface area contributed by atoms with Gasteiger partial charge in [-0.1, -0.05) is 20.8 Å². The summed E-state index contributed by atoms with van der Waals surface area (Å²) in [5.74, 6) is 1.01. The zero-order chi connectivity index (χ0) is 12.5. The first kappa shape index (κ1) is 12.2. The Balaban J connectivity index is 1.82. The minimum absolute atomic E-state index is 0.0350. The highest BCUT2D eigenvalue weighted by Gasteiger charge is 2.52. The molecule has 3 heteroatoms. The molecule has 1 N–H and O–H groups in total. The topological polar surface area (TPSA) is 42.2 Å². The number of furan rings is 1. The van der Waals surface area contributed by atoms with E-state index in [0.717, 1.165) is 18.6 Å². The third-order valence-corrected chi connectivity index (χ3v) is 3.74. The standard InChI is InChI=1S/C14H21NO2/c1-13(2,3)14(8-9-14)15-12(16)7-6-11-5-4-10-17-11/h4-5,10H,6-9H2,1-3H3,(H,15,16). The quantitative estimate of drug-likeness (QED) is 0.872. The van der Waals surface area contributed by atoms with Crippen molar-refractivity contribution in [3.05, 3.63) is 24.2 Å². The smallest absolute Gasteiger partial charge is 0.220 e. The Morgan fingerprint density at radius 1 is 1.47 bits per heavy atom. The maximum absolute atomic E-state index is 11.9. The van der Waals surface area contributed by atoms with Crippen LogP contribution < -0.4 is 5.32 Å². The second-order valence-corrected chi connectivity index (χ2v) is 5.96. The predicted octanol–water partition coefficient (Wildman–Crippen LogP) is 2.91. The molecule has 1 aromatic rings. The number of nitrogens with one attached hydrogen (secondary N) is 1. The van der Waals surface area contributed by atoms with E-state index in [4.69, 9.17) is 4.42 Å². The zero-order valence-electron chi connectivity index (χ0n) is 10.9. The second-order valence-electron chi connectivity index (χ2n) is 5.96. The van der Waals surface area contributed by atoms with Gasteiger partial charge in [0.05, 0.1) is 6.26 Å². The molecule has 0 bridgehead atoms. The minimum Gasteiger partial charge on any atom is -0.469 e. The molecule has 0 unspecified atom stereocenters.